The number of carbonyl (C=O) groups is 1. The lowest BCUT2D eigenvalue weighted by molar-refractivity contribution is -0.169. The molecule has 0 aliphatic carbocycles. The predicted octanol–water partition coefficient (Wildman–Crippen LogP) is 5.89. The van der Waals surface area contributed by atoms with E-state index in [-0.39, 0.29) is 48.3 Å². The number of rotatable bonds is 3. The Morgan fingerprint density at radius 1 is 0.879 bits per heavy atom. The second kappa shape index (κ2) is 12.7. The fraction of sp³-hybridized carbons (Fsp3) is 0.679. The highest BCUT2D eigenvalue weighted by molar-refractivity contribution is 5.73. The third kappa shape index (κ3) is 6.91. The molecule has 2 heterocycles. The third-order valence-electron chi connectivity index (χ3n) is 7.43. The van der Waals surface area contributed by atoms with Gasteiger partial charge in [0.05, 0.1) is 24.2 Å². The molecule has 8 atom stereocenters. The van der Waals surface area contributed by atoms with Gasteiger partial charge in [0, 0.05) is 20.1 Å². The lowest BCUT2D eigenvalue weighted by atomic mass is 9.83. The van der Waals surface area contributed by atoms with Crippen molar-refractivity contribution < 1.29 is 23.7 Å². The molecule has 0 saturated carbocycles. The van der Waals surface area contributed by atoms with Gasteiger partial charge in [-0.3, -0.25) is 4.79 Å². The molecule has 1 aromatic carbocycles. The number of benzene rings is 1. The second-order valence-electron chi connectivity index (χ2n) is 9.82. The minimum atomic E-state index is -0.292. The van der Waals surface area contributed by atoms with Gasteiger partial charge in [-0.15, -0.1) is 0 Å². The first-order valence-electron chi connectivity index (χ1n) is 12.6. The molecule has 5 nitrogen and oxygen atoms in total. The Hall–Kier alpha value is -1.69. The van der Waals surface area contributed by atoms with Crippen LogP contribution in [0, 0.1) is 17.8 Å². The molecule has 2 aliphatic rings. The van der Waals surface area contributed by atoms with E-state index in [9.17, 15) is 4.79 Å². The summed E-state index contributed by atoms with van der Waals surface area (Å²) in [6, 6.07) is 10.1. The largest absolute Gasteiger partial charge is 0.457 e. The van der Waals surface area contributed by atoms with E-state index in [1.807, 2.05) is 37.3 Å². The summed E-state index contributed by atoms with van der Waals surface area (Å²) >= 11 is 0. The highest BCUT2D eigenvalue weighted by Gasteiger charge is 2.37. The first-order chi connectivity index (χ1) is 15.9. The quantitative estimate of drug-likeness (QED) is 0.418. The van der Waals surface area contributed by atoms with Crippen LogP contribution in [-0.2, 0) is 23.7 Å². The number of cyclic esters (lactones) is 1. The molecule has 33 heavy (non-hydrogen) atoms. The fourth-order valence-corrected chi connectivity index (χ4v) is 5.21. The van der Waals surface area contributed by atoms with Gasteiger partial charge in [0.1, 0.15) is 12.2 Å². The lowest BCUT2D eigenvalue weighted by Gasteiger charge is -2.39. The van der Waals surface area contributed by atoms with Crippen LogP contribution in [0.15, 0.2) is 42.5 Å². The molecular formula is C28H42O5. The van der Waals surface area contributed by atoms with Crippen LogP contribution in [0.2, 0.25) is 0 Å². The Balaban J connectivity index is 1.85. The second-order valence-corrected chi connectivity index (χ2v) is 9.82. The summed E-state index contributed by atoms with van der Waals surface area (Å²) in [4.78, 5) is 13.2. The standard InChI is InChI=1S/C28H42O5/c1-19-15-17-23-21(3)28(29)33-24(22-11-7-6-8-12-22)13-9-10-14-25(30-4)26(31-5)18-16-20(2)27(19)32-23/h6-8,11-12,16,18-21,23-27H,9-10,13-15,17H2,1-5H3/b18-16+/t19-,20-,21-,23-,24-,25?,26+,27-/m0/s1. The SMILES string of the molecule is COC1CCCC[C@@H](c2ccccc2)OC(=O)[C@@H](C)[C@@H]2CC[C@H](C)[C@H](O2)[C@@H](C)/C=C/[C@H]1OC. The monoisotopic (exact) mass is 458 g/mol. The van der Waals surface area contributed by atoms with Crippen molar-refractivity contribution in [1.82, 2.24) is 0 Å². The van der Waals surface area contributed by atoms with E-state index in [4.69, 9.17) is 18.9 Å². The maximum Gasteiger partial charge on any atom is 0.311 e. The van der Waals surface area contributed by atoms with E-state index in [1.54, 1.807) is 14.2 Å². The summed E-state index contributed by atoms with van der Waals surface area (Å²) in [6.07, 6.45) is 9.44. The molecule has 1 aromatic rings. The zero-order valence-corrected chi connectivity index (χ0v) is 20.9. The van der Waals surface area contributed by atoms with E-state index >= 15 is 0 Å². The molecule has 2 aliphatic heterocycles. The fourth-order valence-electron chi connectivity index (χ4n) is 5.21. The van der Waals surface area contributed by atoms with Gasteiger partial charge in [-0.2, -0.15) is 0 Å². The van der Waals surface area contributed by atoms with Crippen LogP contribution in [0.3, 0.4) is 0 Å². The normalized spacial score (nSPS) is 37.8. The highest BCUT2D eigenvalue weighted by atomic mass is 16.6. The number of esters is 1. The summed E-state index contributed by atoms with van der Waals surface area (Å²) in [7, 11) is 3.49. The van der Waals surface area contributed by atoms with Gasteiger partial charge < -0.3 is 18.9 Å². The molecule has 184 valence electrons. The summed E-state index contributed by atoms with van der Waals surface area (Å²) in [5.41, 5.74) is 1.05. The first-order valence-corrected chi connectivity index (χ1v) is 12.6. The third-order valence-corrected chi connectivity index (χ3v) is 7.43. The van der Waals surface area contributed by atoms with Gasteiger partial charge in [0.2, 0.25) is 0 Å². The van der Waals surface area contributed by atoms with Crippen molar-refractivity contribution in [2.75, 3.05) is 14.2 Å². The van der Waals surface area contributed by atoms with Gasteiger partial charge in [0.15, 0.2) is 0 Å². The Kier molecular flexibility index (Phi) is 9.96. The van der Waals surface area contributed by atoms with Crippen LogP contribution in [0.1, 0.15) is 71.0 Å². The van der Waals surface area contributed by atoms with E-state index in [0.717, 1.165) is 44.1 Å². The number of hydrogen-bond donors (Lipinski definition) is 0. The van der Waals surface area contributed by atoms with Crippen molar-refractivity contribution in [2.24, 2.45) is 17.8 Å². The molecule has 0 amide bonds. The van der Waals surface area contributed by atoms with Crippen LogP contribution in [-0.4, -0.2) is 44.6 Å². The van der Waals surface area contributed by atoms with Crippen molar-refractivity contribution in [3.63, 3.8) is 0 Å². The van der Waals surface area contributed by atoms with Crippen LogP contribution in [0.25, 0.3) is 0 Å². The van der Waals surface area contributed by atoms with E-state index in [2.05, 4.69) is 26.0 Å². The highest BCUT2D eigenvalue weighted by Crippen LogP contribution is 2.35. The van der Waals surface area contributed by atoms with Crippen LogP contribution in [0.5, 0.6) is 0 Å². The molecule has 0 spiro atoms. The summed E-state index contributed by atoms with van der Waals surface area (Å²) in [6.45, 7) is 6.38. The van der Waals surface area contributed by atoms with Crippen LogP contribution in [0.4, 0.5) is 0 Å². The van der Waals surface area contributed by atoms with Crippen molar-refractivity contribution in [2.45, 2.75) is 89.8 Å². The van der Waals surface area contributed by atoms with Crippen molar-refractivity contribution in [3.05, 3.63) is 48.0 Å². The number of fused-ring (bicyclic) bond motifs is 2. The zero-order valence-electron chi connectivity index (χ0n) is 20.9. The summed E-state index contributed by atoms with van der Waals surface area (Å²) in [5, 5.41) is 0. The molecule has 1 fully saturated rings. The molecular weight excluding hydrogens is 416 g/mol. The van der Waals surface area contributed by atoms with Crippen LogP contribution < -0.4 is 0 Å². The number of ether oxygens (including phenoxy) is 4. The maximum absolute atomic E-state index is 13.2. The summed E-state index contributed by atoms with van der Waals surface area (Å²) in [5.74, 6) is 0.192. The Bertz CT molecular complexity index is 748. The molecule has 3 rings (SSSR count). The van der Waals surface area contributed by atoms with E-state index in [0.29, 0.717) is 5.92 Å². The van der Waals surface area contributed by atoms with E-state index in [1.165, 1.54) is 0 Å². The van der Waals surface area contributed by atoms with E-state index < -0.39 is 0 Å². The van der Waals surface area contributed by atoms with Gasteiger partial charge in [-0.05, 0) is 50.5 Å². The average molecular weight is 459 g/mol. The van der Waals surface area contributed by atoms with Crippen molar-refractivity contribution in [1.29, 1.82) is 0 Å². The topological polar surface area (TPSA) is 54.0 Å². The minimum absolute atomic E-state index is 0.0125. The molecule has 1 unspecified atom stereocenters. The molecule has 0 N–H and O–H groups in total. The van der Waals surface area contributed by atoms with Crippen LogP contribution >= 0.6 is 0 Å². The number of carbonyl (C=O) groups excluding carboxylic acids is 1. The van der Waals surface area contributed by atoms with Gasteiger partial charge in [-0.1, -0.05) is 62.8 Å². The Morgan fingerprint density at radius 3 is 2.30 bits per heavy atom. The first kappa shape index (κ1) is 25.9. The van der Waals surface area contributed by atoms with Gasteiger partial charge in [-0.25, -0.2) is 0 Å². The maximum atomic E-state index is 13.2. The average Bonchev–Trinajstić information content (AvgIpc) is 2.84. The molecule has 0 radical (unpaired) electrons. The van der Waals surface area contributed by atoms with Crippen molar-refractivity contribution in [3.8, 4) is 0 Å². The molecule has 1 saturated heterocycles. The molecule has 2 bridgehead atoms. The van der Waals surface area contributed by atoms with Crippen molar-refractivity contribution >= 4 is 5.97 Å². The zero-order chi connectivity index (χ0) is 23.8. The lowest BCUT2D eigenvalue weighted by Crippen LogP contribution is -2.42. The summed E-state index contributed by atoms with van der Waals surface area (Å²) < 4.78 is 24.2. The van der Waals surface area contributed by atoms with Gasteiger partial charge in [0.25, 0.3) is 0 Å². The Labute approximate surface area is 199 Å². The minimum Gasteiger partial charge on any atom is -0.457 e. The smallest absolute Gasteiger partial charge is 0.311 e. The number of hydrogen-bond acceptors (Lipinski definition) is 5. The molecule has 5 heteroatoms. The number of methoxy groups -OCH3 is 2. The molecule has 0 aromatic heterocycles. The Morgan fingerprint density at radius 2 is 1.61 bits per heavy atom. The van der Waals surface area contributed by atoms with Gasteiger partial charge >= 0.3 is 5.97 Å². The predicted molar refractivity (Wildman–Crippen MR) is 130 cm³/mol.